The summed E-state index contributed by atoms with van der Waals surface area (Å²) in [4.78, 5) is 14.2. The van der Waals surface area contributed by atoms with Gasteiger partial charge in [0.15, 0.2) is 10.1 Å². The molecular formula is C9H9BrN4O4S3. The topological polar surface area (TPSA) is 114 Å². The first-order valence-corrected chi connectivity index (χ1v) is 9.40. The molecule has 0 aliphatic rings. The van der Waals surface area contributed by atoms with Crippen LogP contribution in [-0.2, 0) is 10.0 Å². The number of hydrogen-bond donors (Lipinski definition) is 2. The van der Waals surface area contributed by atoms with Crippen LogP contribution in [0.3, 0.4) is 0 Å². The van der Waals surface area contributed by atoms with Crippen LogP contribution in [0.4, 0.5) is 15.8 Å². The van der Waals surface area contributed by atoms with Gasteiger partial charge in [-0.05, 0) is 22.9 Å². The van der Waals surface area contributed by atoms with Crippen molar-refractivity contribution in [1.29, 1.82) is 0 Å². The monoisotopic (exact) mass is 412 g/mol. The highest BCUT2D eigenvalue weighted by Crippen LogP contribution is 2.38. The Morgan fingerprint density at radius 3 is 2.71 bits per heavy atom. The molecule has 21 heavy (non-hydrogen) atoms. The minimum Gasteiger partial charge on any atom is -0.372 e. The molecule has 2 N–H and O–H groups in total. The lowest BCUT2D eigenvalue weighted by Gasteiger charge is -2.01. The van der Waals surface area contributed by atoms with Crippen molar-refractivity contribution in [1.82, 2.24) is 4.98 Å². The van der Waals surface area contributed by atoms with Crippen LogP contribution in [0.5, 0.6) is 0 Å². The Hall–Kier alpha value is -1.24. The zero-order valence-electron chi connectivity index (χ0n) is 10.5. The van der Waals surface area contributed by atoms with E-state index in [9.17, 15) is 18.5 Å². The highest BCUT2D eigenvalue weighted by molar-refractivity contribution is 9.11. The van der Waals surface area contributed by atoms with Crippen LogP contribution < -0.4 is 10.0 Å². The molecule has 114 valence electrons. The van der Waals surface area contributed by atoms with Crippen LogP contribution in [-0.4, -0.2) is 24.9 Å². The molecule has 0 atom stereocenters. The summed E-state index contributed by atoms with van der Waals surface area (Å²) in [7, 11) is -3.90. The van der Waals surface area contributed by atoms with Gasteiger partial charge in [0, 0.05) is 12.6 Å². The number of aromatic nitrogens is 1. The van der Waals surface area contributed by atoms with Crippen LogP contribution in [0.15, 0.2) is 20.3 Å². The average molecular weight is 413 g/mol. The van der Waals surface area contributed by atoms with Gasteiger partial charge in [0.05, 0.1) is 14.9 Å². The second-order valence-electron chi connectivity index (χ2n) is 3.64. The fourth-order valence-corrected chi connectivity index (χ4v) is 5.13. The number of anilines is 2. The van der Waals surface area contributed by atoms with Crippen molar-refractivity contribution in [3.05, 3.63) is 26.2 Å². The molecule has 0 radical (unpaired) electrons. The third kappa shape index (κ3) is 3.70. The summed E-state index contributed by atoms with van der Waals surface area (Å²) < 4.78 is 27.2. The van der Waals surface area contributed by atoms with Crippen molar-refractivity contribution in [2.45, 2.75) is 11.1 Å². The molecule has 0 spiro atoms. The van der Waals surface area contributed by atoms with Crippen molar-refractivity contribution in [3.8, 4) is 0 Å². The number of hydrogen-bond acceptors (Lipinski definition) is 8. The summed E-state index contributed by atoms with van der Waals surface area (Å²) in [5.74, 6) is 0. The van der Waals surface area contributed by atoms with Crippen LogP contribution in [0.1, 0.15) is 6.92 Å². The number of thiophene rings is 1. The molecule has 0 bridgehead atoms. The molecule has 0 aromatic carbocycles. The first-order chi connectivity index (χ1) is 9.83. The van der Waals surface area contributed by atoms with Crippen molar-refractivity contribution < 1.29 is 13.3 Å². The van der Waals surface area contributed by atoms with Crippen LogP contribution >= 0.6 is 38.6 Å². The van der Waals surface area contributed by atoms with E-state index in [2.05, 4.69) is 31.0 Å². The van der Waals surface area contributed by atoms with Gasteiger partial charge in [-0.15, -0.1) is 0 Å². The second-order valence-corrected chi connectivity index (χ2v) is 9.01. The first-order valence-electron chi connectivity index (χ1n) is 5.49. The summed E-state index contributed by atoms with van der Waals surface area (Å²) in [5.41, 5.74) is -0.262. The maximum atomic E-state index is 12.2. The lowest BCUT2D eigenvalue weighted by atomic mass is 10.5. The second kappa shape index (κ2) is 6.25. The molecule has 0 fully saturated rings. The SMILES string of the molecule is CCNc1sc(S(=O)(=O)Nc2ncc(Br)s2)cc1[N+](=O)[O-]. The fraction of sp³-hybridized carbons (Fsp3) is 0.222. The van der Waals surface area contributed by atoms with Crippen LogP contribution in [0.25, 0.3) is 0 Å². The summed E-state index contributed by atoms with van der Waals surface area (Å²) in [6, 6.07) is 1.04. The normalized spacial score (nSPS) is 11.3. The highest BCUT2D eigenvalue weighted by Gasteiger charge is 2.26. The molecule has 0 amide bonds. The van der Waals surface area contributed by atoms with E-state index in [0.29, 0.717) is 10.3 Å². The predicted octanol–water partition coefficient (Wildman–Crippen LogP) is 3.11. The molecule has 0 saturated heterocycles. The van der Waals surface area contributed by atoms with Crippen molar-refractivity contribution in [3.63, 3.8) is 0 Å². The Morgan fingerprint density at radius 2 is 2.19 bits per heavy atom. The summed E-state index contributed by atoms with van der Waals surface area (Å²) >= 11 is 5.09. The summed E-state index contributed by atoms with van der Waals surface area (Å²) in [6.07, 6.45) is 1.46. The number of halogens is 1. The Kier molecular flexibility index (Phi) is 4.81. The lowest BCUT2D eigenvalue weighted by molar-refractivity contribution is -0.383. The Balaban J connectivity index is 2.35. The van der Waals surface area contributed by atoms with Gasteiger partial charge in [-0.3, -0.25) is 14.8 Å². The van der Waals surface area contributed by atoms with E-state index >= 15 is 0 Å². The van der Waals surface area contributed by atoms with Gasteiger partial charge in [-0.1, -0.05) is 22.7 Å². The Bertz CT molecular complexity index is 770. The molecule has 0 saturated carbocycles. The van der Waals surface area contributed by atoms with Gasteiger partial charge in [-0.2, -0.15) is 0 Å². The molecule has 2 aromatic heterocycles. The molecule has 0 aliphatic heterocycles. The zero-order chi connectivity index (χ0) is 15.6. The van der Waals surface area contributed by atoms with E-state index in [-0.39, 0.29) is 20.0 Å². The minimum absolute atomic E-state index is 0.142. The summed E-state index contributed by atoms with van der Waals surface area (Å²) in [6.45, 7) is 2.22. The number of nitrogens with one attached hydrogen (secondary N) is 2. The van der Waals surface area contributed by atoms with Gasteiger partial charge >= 0.3 is 5.69 Å². The van der Waals surface area contributed by atoms with E-state index in [1.165, 1.54) is 6.20 Å². The van der Waals surface area contributed by atoms with Gasteiger partial charge < -0.3 is 5.32 Å². The van der Waals surface area contributed by atoms with Crippen molar-refractivity contribution >= 4 is 64.4 Å². The number of nitrogens with zero attached hydrogens (tertiary/aromatic N) is 2. The first kappa shape index (κ1) is 16.1. The Morgan fingerprint density at radius 1 is 1.48 bits per heavy atom. The van der Waals surface area contributed by atoms with Crippen molar-refractivity contribution in [2.24, 2.45) is 0 Å². The van der Waals surface area contributed by atoms with E-state index in [4.69, 9.17) is 0 Å². The zero-order valence-corrected chi connectivity index (χ0v) is 14.5. The molecule has 8 nitrogen and oxygen atoms in total. The smallest absolute Gasteiger partial charge is 0.304 e. The highest BCUT2D eigenvalue weighted by atomic mass is 79.9. The van der Waals surface area contributed by atoms with E-state index < -0.39 is 14.9 Å². The van der Waals surface area contributed by atoms with E-state index in [1.54, 1.807) is 6.92 Å². The quantitative estimate of drug-likeness (QED) is 0.556. The minimum atomic E-state index is -3.90. The molecule has 0 unspecified atom stereocenters. The van der Waals surface area contributed by atoms with Crippen molar-refractivity contribution in [2.75, 3.05) is 16.6 Å². The fourth-order valence-electron chi connectivity index (χ4n) is 1.38. The van der Waals surface area contributed by atoms with E-state index in [1.807, 2.05) is 0 Å². The van der Waals surface area contributed by atoms with Crippen LogP contribution in [0.2, 0.25) is 0 Å². The predicted molar refractivity (Wildman–Crippen MR) is 85.8 cm³/mol. The maximum Gasteiger partial charge on any atom is 0.304 e. The maximum absolute atomic E-state index is 12.2. The molecule has 2 rings (SSSR count). The molecular weight excluding hydrogens is 404 g/mol. The molecule has 2 aromatic rings. The van der Waals surface area contributed by atoms with Gasteiger partial charge in [0.2, 0.25) is 0 Å². The largest absolute Gasteiger partial charge is 0.372 e. The number of sulfonamides is 1. The Labute approximate surface area is 136 Å². The number of nitro groups is 1. The van der Waals surface area contributed by atoms with Gasteiger partial charge in [0.1, 0.15) is 4.21 Å². The van der Waals surface area contributed by atoms with E-state index in [0.717, 1.165) is 28.7 Å². The number of thiazole rings is 1. The summed E-state index contributed by atoms with van der Waals surface area (Å²) in [5, 5.41) is 14.1. The standard InChI is InChI=1S/C9H9BrN4O4S3/c1-2-11-8-5(14(15)16)3-7(20-8)21(17,18)13-9-12-4-6(10)19-9/h3-4,11H,2H2,1H3,(H,12,13). The molecule has 0 aliphatic carbocycles. The average Bonchev–Trinajstić information content (AvgIpc) is 2.96. The molecule has 2 heterocycles. The third-order valence-electron chi connectivity index (χ3n) is 2.19. The lowest BCUT2D eigenvalue weighted by Crippen LogP contribution is -2.11. The van der Waals surface area contributed by atoms with Crippen LogP contribution in [0, 0.1) is 10.1 Å². The third-order valence-corrected chi connectivity index (χ3v) is 6.60. The van der Waals surface area contributed by atoms with Gasteiger partial charge in [0.25, 0.3) is 10.0 Å². The van der Waals surface area contributed by atoms with Gasteiger partial charge in [-0.25, -0.2) is 13.4 Å². The molecule has 12 heteroatoms. The number of rotatable bonds is 6.